The van der Waals surface area contributed by atoms with Crippen molar-refractivity contribution in [3.63, 3.8) is 0 Å². The van der Waals surface area contributed by atoms with E-state index in [0.717, 1.165) is 11.3 Å². The van der Waals surface area contributed by atoms with E-state index in [4.69, 9.17) is 15.7 Å². The molecule has 0 saturated carbocycles. The Morgan fingerprint density at radius 1 is 1.33 bits per heavy atom. The Balaban J connectivity index is 2.06. The third kappa shape index (κ3) is 3.79. The van der Waals surface area contributed by atoms with Gasteiger partial charge in [-0.1, -0.05) is 23.4 Å². The molecule has 0 spiro atoms. The van der Waals surface area contributed by atoms with Crippen LogP contribution in [0.25, 0.3) is 0 Å². The molecule has 2 aromatic rings. The van der Waals surface area contributed by atoms with Crippen molar-refractivity contribution in [2.45, 2.75) is 13.5 Å². The van der Waals surface area contributed by atoms with E-state index in [1.807, 2.05) is 19.1 Å². The predicted octanol–water partition coefficient (Wildman–Crippen LogP) is 1.93. The third-order valence-electron chi connectivity index (χ3n) is 2.90. The van der Waals surface area contributed by atoms with Gasteiger partial charge in [0.05, 0.1) is 5.56 Å². The quantitative estimate of drug-likeness (QED) is 0.497. The van der Waals surface area contributed by atoms with Crippen LogP contribution in [0.15, 0.2) is 47.8 Å². The topological polar surface area (TPSA) is 97.8 Å². The van der Waals surface area contributed by atoms with Crippen LogP contribution in [0.3, 0.4) is 0 Å². The molecule has 1 aromatic carbocycles. The number of benzene rings is 1. The van der Waals surface area contributed by atoms with E-state index in [-0.39, 0.29) is 18.0 Å². The monoisotopic (exact) mass is 285 g/mol. The van der Waals surface area contributed by atoms with Crippen molar-refractivity contribution in [1.82, 2.24) is 4.98 Å². The van der Waals surface area contributed by atoms with Crippen molar-refractivity contribution in [2.75, 3.05) is 0 Å². The zero-order valence-electron chi connectivity index (χ0n) is 11.5. The van der Waals surface area contributed by atoms with Gasteiger partial charge in [-0.15, -0.1) is 0 Å². The maximum atomic E-state index is 10.9. The second kappa shape index (κ2) is 6.51. The van der Waals surface area contributed by atoms with Crippen LogP contribution in [0.1, 0.15) is 27.2 Å². The van der Waals surface area contributed by atoms with E-state index < -0.39 is 5.97 Å². The molecule has 3 N–H and O–H groups in total. The third-order valence-corrected chi connectivity index (χ3v) is 2.90. The molecule has 0 saturated heterocycles. The summed E-state index contributed by atoms with van der Waals surface area (Å²) in [7, 11) is 0. The number of carbonyl (C=O) groups is 1. The van der Waals surface area contributed by atoms with Gasteiger partial charge in [-0.3, -0.25) is 4.98 Å². The number of carboxylic acid groups (broad SMARTS) is 1. The molecular weight excluding hydrogens is 270 g/mol. The van der Waals surface area contributed by atoms with E-state index in [0.29, 0.717) is 5.56 Å². The van der Waals surface area contributed by atoms with Crippen LogP contribution in [-0.4, -0.2) is 21.9 Å². The van der Waals surface area contributed by atoms with E-state index in [9.17, 15) is 4.79 Å². The van der Waals surface area contributed by atoms with Gasteiger partial charge < -0.3 is 15.7 Å². The van der Waals surface area contributed by atoms with Gasteiger partial charge in [0.1, 0.15) is 6.61 Å². The standard InChI is InChI=1S/C15H15N3O3/c1-10-13(6-3-7-17-10)9-21-18-14(16)11-4-2-5-12(8-11)15(19)20/h2-8H,9H2,1H3,(H2,16,18)(H,19,20). The second-order valence-corrected chi connectivity index (χ2v) is 4.38. The SMILES string of the molecule is Cc1ncccc1CO/N=C(\N)c1cccc(C(=O)O)c1. The number of hydrogen-bond donors (Lipinski definition) is 2. The summed E-state index contributed by atoms with van der Waals surface area (Å²) in [5.74, 6) is -0.892. The van der Waals surface area contributed by atoms with E-state index in [2.05, 4.69) is 10.1 Å². The van der Waals surface area contributed by atoms with Crippen LogP contribution in [0, 0.1) is 6.92 Å². The van der Waals surface area contributed by atoms with Crippen molar-refractivity contribution in [3.05, 3.63) is 65.0 Å². The molecule has 0 aliphatic heterocycles. The minimum atomic E-state index is -1.02. The van der Waals surface area contributed by atoms with E-state index in [1.54, 1.807) is 18.3 Å². The van der Waals surface area contributed by atoms with Crippen molar-refractivity contribution >= 4 is 11.8 Å². The lowest BCUT2D eigenvalue weighted by Crippen LogP contribution is -2.14. The number of hydrogen-bond acceptors (Lipinski definition) is 4. The van der Waals surface area contributed by atoms with Gasteiger partial charge in [0.2, 0.25) is 0 Å². The first-order chi connectivity index (χ1) is 10.1. The Labute approximate surface area is 121 Å². The molecule has 0 aliphatic carbocycles. The van der Waals surface area contributed by atoms with Gasteiger partial charge >= 0.3 is 5.97 Å². The summed E-state index contributed by atoms with van der Waals surface area (Å²) < 4.78 is 0. The highest BCUT2D eigenvalue weighted by molar-refractivity contribution is 5.99. The Bertz CT molecular complexity index is 683. The van der Waals surface area contributed by atoms with Crippen LogP contribution in [0.4, 0.5) is 0 Å². The normalized spacial score (nSPS) is 11.2. The Morgan fingerprint density at radius 3 is 2.81 bits per heavy atom. The molecule has 0 atom stereocenters. The number of aryl methyl sites for hydroxylation is 1. The summed E-state index contributed by atoms with van der Waals surface area (Å²) in [4.78, 5) is 20.2. The lowest BCUT2D eigenvalue weighted by Gasteiger charge is -2.05. The number of carboxylic acids is 1. The lowest BCUT2D eigenvalue weighted by molar-refractivity contribution is 0.0697. The average molecular weight is 285 g/mol. The molecular formula is C15H15N3O3. The first-order valence-electron chi connectivity index (χ1n) is 6.27. The molecule has 0 fully saturated rings. The minimum Gasteiger partial charge on any atom is -0.478 e. The Kier molecular flexibility index (Phi) is 4.50. The van der Waals surface area contributed by atoms with E-state index >= 15 is 0 Å². The Hall–Kier alpha value is -2.89. The predicted molar refractivity (Wildman–Crippen MR) is 77.9 cm³/mol. The average Bonchev–Trinajstić information content (AvgIpc) is 2.49. The fraction of sp³-hybridized carbons (Fsp3) is 0.133. The molecule has 0 radical (unpaired) electrons. The number of nitrogens with two attached hydrogens (primary N) is 1. The molecule has 0 aliphatic rings. The van der Waals surface area contributed by atoms with Crippen molar-refractivity contribution in [1.29, 1.82) is 0 Å². The fourth-order valence-electron chi connectivity index (χ4n) is 1.71. The zero-order chi connectivity index (χ0) is 15.2. The van der Waals surface area contributed by atoms with Crippen LogP contribution in [0.2, 0.25) is 0 Å². The van der Waals surface area contributed by atoms with Gasteiger partial charge in [0.15, 0.2) is 5.84 Å². The maximum Gasteiger partial charge on any atom is 0.335 e. The number of aromatic nitrogens is 1. The highest BCUT2D eigenvalue weighted by Gasteiger charge is 2.06. The molecule has 6 heteroatoms. The number of rotatable bonds is 5. The summed E-state index contributed by atoms with van der Waals surface area (Å²) in [6.07, 6.45) is 1.70. The fourth-order valence-corrected chi connectivity index (χ4v) is 1.71. The number of nitrogens with zero attached hydrogens (tertiary/aromatic N) is 2. The van der Waals surface area contributed by atoms with Crippen molar-refractivity contribution < 1.29 is 14.7 Å². The van der Waals surface area contributed by atoms with Crippen LogP contribution >= 0.6 is 0 Å². The molecule has 1 heterocycles. The summed E-state index contributed by atoms with van der Waals surface area (Å²) >= 11 is 0. The molecule has 21 heavy (non-hydrogen) atoms. The first-order valence-corrected chi connectivity index (χ1v) is 6.27. The Morgan fingerprint density at radius 2 is 2.10 bits per heavy atom. The highest BCUT2D eigenvalue weighted by atomic mass is 16.6. The molecule has 0 amide bonds. The van der Waals surface area contributed by atoms with Crippen LogP contribution in [0.5, 0.6) is 0 Å². The van der Waals surface area contributed by atoms with Gasteiger partial charge in [-0.05, 0) is 25.1 Å². The van der Waals surface area contributed by atoms with Crippen molar-refractivity contribution in [3.8, 4) is 0 Å². The van der Waals surface area contributed by atoms with Gasteiger partial charge in [-0.25, -0.2) is 4.79 Å². The van der Waals surface area contributed by atoms with Crippen LogP contribution in [-0.2, 0) is 11.4 Å². The summed E-state index contributed by atoms with van der Waals surface area (Å²) in [6, 6.07) is 9.91. The van der Waals surface area contributed by atoms with E-state index in [1.165, 1.54) is 12.1 Å². The second-order valence-electron chi connectivity index (χ2n) is 4.38. The lowest BCUT2D eigenvalue weighted by atomic mass is 10.1. The van der Waals surface area contributed by atoms with Gasteiger partial charge in [-0.2, -0.15) is 0 Å². The smallest absolute Gasteiger partial charge is 0.335 e. The number of pyridine rings is 1. The molecule has 6 nitrogen and oxygen atoms in total. The number of aromatic carboxylic acids is 1. The maximum absolute atomic E-state index is 10.9. The minimum absolute atomic E-state index is 0.125. The van der Waals surface area contributed by atoms with Crippen LogP contribution < -0.4 is 5.73 Å². The summed E-state index contributed by atoms with van der Waals surface area (Å²) in [6.45, 7) is 2.13. The molecule has 1 aromatic heterocycles. The zero-order valence-corrected chi connectivity index (χ0v) is 11.5. The highest BCUT2D eigenvalue weighted by Crippen LogP contribution is 2.08. The molecule has 0 bridgehead atoms. The summed E-state index contributed by atoms with van der Waals surface area (Å²) in [5.41, 5.74) is 8.20. The number of oxime groups is 1. The molecule has 0 unspecified atom stereocenters. The summed E-state index contributed by atoms with van der Waals surface area (Å²) in [5, 5.41) is 12.7. The molecule has 2 rings (SSSR count). The van der Waals surface area contributed by atoms with Gasteiger partial charge in [0.25, 0.3) is 0 Å². The van der Waals surface area contributed by atoms with Gasteiger partial charge in [0, 0.05) is 23.0 Å². The largest absolute Gasteiger partial charge is 0.478 e. The van der Waals surface area contributed by atoms with Crippen molar-refractivity contribution in [2.24, 2.45) is 10.9 Å². The molecule has 108 valence electrons. The first kappa shape index (κ1) is 14.5. The number of amidine groups is 1.